The van der Waals surface area contributed by atoms with E-state index in [1.807, 2.05) is 30.5 Å². The van der Waals surface area contributed by atoms with Crippen LogP contribution in [0.15, 0.2) is 54.7 Å². The summed E-state index contributed by atoms with van der Waals surface area (Å²) >= 11 is 0. The lowest BCUT2D eigenvalue weighted by Crippen LogP contribution is -2.51. The predicted molar refractivity (Wildman–Crippen MR) is 156 cm³/mol. The van der Waals surface area contributed by atoms with Crippen molar-refractivity contribution in [3.63, 3.8) is 0 Å². The van der Waals surface area contributed by atoms with Gasteiger partial charge in [0.25, 0.3) is 5.91 Å². The molecular weight excluding hydrogens is 486 g/mol. The number of rotatable bonds is 8. The molecule has 6 rings (SSSR count). The second-order valence-electron chi connectivity index (χ2n) is 10.9. The Morgan fingerprint density at radius 2 is 1.97 bits per heavy atom. The van der Waals surface area contributed by atoms with E-state index in [9.17, 15) is 4.79 Å². The highest BCUT2D eigenvalue weighted by Crippen LogP contribution is 2.40. The molecular formula is C33H37N3O3. The zero-order valence-electron chi connectivity index (χ0n) is 22.9. The summed E-state index contributed by atoms with van der Waals surface area (Å²) in [7, 11) is 1.70. The Bertz CT molecular complexity index is 1350. The summed E-state index contributed by atoms with van der Waals surface area (Å²) < 4.78 is 11.0. The number of aryl methyl sites for hydroxylation is 2. The number of ether oxygens (including phenoxy) is 2. The van der Waals surface area contributed by atoms with Crippen molar-refractivity contribution in [2.45, 2.75) is 45.1 Å². The third kappa shape index (κ3) is 5.36. The highest BCUT2D eigenvalue weighted by atomic mass is 16.5. The molecule has 0 unspecified atom stereocenters. The Morgan fingerprint density at radius 3 is 2.67 bits per heavy atom. The van der Waals surface area contributed by atoms with Crippen LogP contribution in [0.25, 0.3) is 22.8 Å². The smallest absolute Gasteiger partial charge is 0.256 e. The molecule has 6 nitrogen and oxygen atoms in total. The summed E-state index contributed by atoms with van der Waals surface area (Å²) in [6.07, 6.45) is 9.47. The number of methoxy groups -OCH3 is 1. The number of anilines is 1. The monoisotopic (exact) mass is 523 g/mol. The molecule has 0 aliphatic carbocycles. The maximum atomic E-state index is 12.9. The topological polar surface area (TPSA) is 63.7 Å². The van der Waals surface area contributed by atoms with Crippen LogP contribution in [0.4, 0.5) is 5.69 Å². The number of amides is 1. The number of nitrogens with one attached hydrogen (secondary N) is 1. The second-order valence-corrected chi connectivity index (χ2v) is 10.9. The van der Waals surface area contributed by atoms with Gasteiger partial charge in [0.2, 0.25) is 0 Å². The summed E-state index contributed by atoms with van der Waals surface area (Å²) in [6, 6.07) is 17.1. The minimum Gasteiger partial charge on any atom is -0.496 e. The molecule has 0 radical (unpaired) electrons. The molecule has 3 aromatic rings. The van der Waals surface area contributed by atoms with E-state index in [1.165, 1.54) is 37.9 Å². The summed E-state index contributed by atoms with van der Waals surface area (Å²) in [5.41, 5.74) is 7.81. The van der Waals surface area contributed by atoms with Crippen molar-refractivity contribution < 1.29 is 14.3 Å². The van der Waals surface area contributed by atoms with Gasteiger partial charge in [-0.05, 0) is 98.1 Å². The Kier molecular flexibility index (Phi) is 7.49. The van der Waals surface area contributed by atoms with Crippen LogP contribution >= 0.6 is 0 Å². The number of hydrogen-bond acceptors (Lipinski definition) is 5. The van der Waals surface area contributed by atoms with Gasteiger partial charge in [0, 0.05) is 34.3 Å². The van der Waals surface area contributed by atoms with Crippen LogP contribution in [0.3, 0.4) is 0 Å². The third-order valence-electron chi connectivity index (χ3n) is 8.56. The van der Waals surface area contributed by atoms with Gasteiger partial charge < -0.3 is 14.8 Å². The molecule has 0 atom stereocenters. The van der Waals surface area contributed by atoms with E-state index in [-0.39, 0.29) is 5.91 Å². The van der Waals surface area contributed by atoms with E-state index in [2.05, 4.69) is 47.5 Å². The molecule has 0 bridgehead atoms. The standard InChI is InChI=1S/C33H37N3O3/c1-3-24-5-4-6-31(38-2)32(24)25-9-12-30-28(18-25)29(33(37)35-30)17-23-8-11-26(34-19-23)10-7-22-13-15-36(16-14-22)27-20-39-21-27/h4-6,8-9,11-12,17-19,22,27H,3,7,10,13-16,20-21H2,1-2H3,(H,35,37)/b29-17-. The van der Waals surface area contributed by atoms with Crippen molar-refractivity contribution in [3.05, 3.63) is 77.1 Å². The van der Waals surface area contributed by atoms with E-state index in [4.69, 9.17) is 14.5 Å². The number of likely N-dealkylation sites (tertiary alicyclic amines) is 1. The van der Waals surface area contributed by atoms with Crippen LogP contribution in [0.5, 0.6) is 5.75 Å². The molecule has 3 aliphatic rings. The maximum Gasteiger partial charge on any atom is 0.256 e. The lowest BCUT2D eigenvalue weighted by atomic mass is 9.90. The number of carbonyl (C=O) groups excluding carboxylic acids is 1. The number of aromatic nitrogens is 1. The quantitative estimate of drug-likeness (QED) is 0.375. The molecule has 1 N–H and O–H groups in total. The molecule has 0 saturated carbocycles. The summed E-state index contributed by atoms with van der Waals surface area (Å²) in [5, 5.41) is 3.02. The second kappa shape index (κ2) is 11.3. The molecule has 6 heteroatoms. The molecule has 1 amide bonds. The number of benzene rings is 2. The number of hydrogen-bond donors (Lipinski definition) is 1. The van der Waals surface area contributed by atoms with Crippen LogP contribution in [0.1, 0.15) is 48.6 Å². The first-order valence-corrected chi connectivity index (χ1v) is 14.2. The van der Waals surface area contributed by atoms with Gasteiger partial charge in [-0.3, -0.25) is 14.7 Å². The molecule has 2 aromatic carbocycles. The van der Waals surface area contributed by atoms with Crippen molar-refractivity contribution in [1.82, 2.24) is 9.88 Å². The SMILES string of the molecule is CCc1cccc(OC)c1-c1ccc2c(c1)/C(=C/c1ccc(CCC3CCN(C4COC4)CC3)nc1)C(=O)N2. The van der Waals surface area contributed by atoms with Gasteiger partial charge in [-0.25, -0.2) is 0 Å². The van der Waals surface area contributed by atoms with Crippen molar-refractivity contribution >= 4 is 23.2 Å². The zero-order valence-corrected chi connectivity index (χ0v) is 22.9. The highest BCUT2D eigenvalue weighted by molar-refractivity contribution is 6.35. The number of pyridine rings is 1. The summed E-state index contributed by atoms with van der Waals surface area (Å²) in [6.45, 7) is 6.36. The van der Waals surface area contributed by atoms with Gasteiger partial charge in [-0.2, -0.15) is 0 Å². The Morgan fingerprint density at radius 1 is 1.13 bits per heavy atom. The Balaban J connectivity index is 1.15. The van der Waals surface area contributed by atoms with Gasteiger partial charge in [0.15, 0.2) is 0 Å². The summed E-state index contributed by atoms with van der Waals surface area (Å²) in [4.78, 5) is 20.3. The number of carbonyl (C=O) groups is 1. The van der Waals surface area contributed by atoms with E-state index in [1.54, 1.807) is 7.11 Å². The maximum absolute atomic E-state index is 12.9. The van der Waals surface area contributed by atoms with E-state index in [0.717, 1.165) is 71.4 Å². The van der Waals surface area contributed by atoms with Gasteiger partial charge in [-0.15, -0.1) is 0 Å². The fourth-order valence-electron chi connectivity index (χ4n) is 6.08. The molecule has 2 saturated heterocycles. The van der Waals surface area contributed by atoms with Crippen LogP contribution in [-0.4, -0.2) is 55.2 Å². The van der Waals surface area contributed by atoms with Crippen LogP contribution in [-0.2, 0) is 22.4 Å². The first kappa shape index (κ1) is 25.8. The molecule has 39 heavy (non-hydrogen) atoms. The van der Waals surface area contributed by atoms with Crippen molar-refractivity contribution in [3.8, 4) is 16.9 Å². The number of piperidine rings is 1. The zero-order chi connectivity index (χ0) is 26.8. The minimum atomic E-state index is -0.0817. The summed E-state index contributed by atoms with van der Waals surface area (Å²) in [5.74, 6) is 1.53. The number of fused-ring (bicyclic) bond motifs is 1. The normalized spacial score (nSPS) is 19.1. The number of nitrogens with zero attached hydrogens (tertiary/aromatic N) is 2. The van der Waals surface area contributed by atoms with E-state index < -0.39 is 0 Å². The van der Waals surface area contributed by atoms with Crippen LogP contribution in [0, 0.1) is 5.92 Å². The highest BCUT2D eigenvalue weighted by Gasteiger charge is 2.29. The van der Waals surface area contributed by atoms with Gasteiger partial charge in [0.1, 0.15) is 5.75 Å². The largest absolute Gasteiger partial charge is 0.496 e. The van der Waals surface area contributed by atoms with Crippen LogP contribution < -0.4 is 10.1 Å². The third-order valence-corrected chi connectivity index (χ3v) is 8.56. The average Bonchev–Trinajstić information content (AvgIpc) is 3.25. The van der Waals surface area contributed by atoms with Crippen molar-refractivity contribution in [1.29, 1.82) is 0 Å². The lowest BCUT2D eigenvalue weighted by Gasteiger charge is -2.41. The van der Waals surface area contributed by atoms with Gasteiger partial charge >= 0.3 is 0 Å². The first-order chi connectivity index (χ1) is 19.1. The van der Waals surface area contributed by atoms with Crippen molar-refractivity contribution in [2.24, 2.45) is 5.92 Å². The first-order valence-electron chi connectivity index (χ1n) is 14.2. The Hall–Kier alpha value is -3.48. The minimum absolute atomic E-state index is 0.0817. The molecule has 0 spiro atoms. The fraction of sp³-hybridized carbons (Fsp3) is 0.394. The van der Waals surface area contributed by atoms with Crippen LogP contribution in [0.2, 0.25) is 0 Å². The molecule has 4 heterocycles. The molecule has 202 valence electrons. The Labute approximate surface area is 231 Å². The molecule has 1 aromatic heterocycles. The average molecular weight is 524 g/mol. The van der Waals surface area contributed by atoms with Gasteiger partial charge in [0.05, 0.1) is 26.4 Å². The van der Waals surface area contributed by atoms with E-state index in [0.29, 0.717) is 11.6 Å². The predicted octanol–water partition coefficient (Wildman–Crippen LogP) is 5.86. The molecule has 2 fully saturated rings. The fourth-order valence-corrected chi connectivity index (χ4v) is 6.08. The van der Waals surface area contributed by atoms with E-state index >= 15 is 0 Å². The molecule has 3 aliphatic heterocycles. The lowest BCUT2D eigenvalue weighted by molar-refractivity contribution is -0.110. The van der Waals surface area contributed by atoms with Crippen molar-refractivity contribution in [2.75, 3.05) is 38.7 Å². The van der Waals surface area contributed by atoms with Gasteiger partial charge in [-0.1, -0.05) is 31.2 Å².